The molecule has 0 amide bonds. The number of sulfonamides is 1. The van der Waals surface area contributed by atoms with Gasteiger partial charge >= 0.3 is 0 Å². The van der Waals surface area contributed by atoms with Crippen molar-refractivity contribution in [1.29, 1.82) is 0 Å². The first-order valence-corrected chi connectivity index (χ1v) is 11.1. The highest BCUT2D eigenvalue weighted by atomic mass is 32.2. The van der Waals surface area contributed by atoms with E-state index in [1.165, 1.54) is 29.4 Å². The third-order valence-electron chi connectivity index (χ3n) is 4.94. The number of Topliss-reactive ketones (excluding diaryl/α,β-unsaturated/α-hetero) is 1. The number of benzene rings is 2. The van der Waals surface area contributed by atoms with Gasteiger partial charge in [-0.15, -0.1) is 0 Å². The van der Waals surface area contributed by atoms with E-state index in [0.717, 1.165) is 6.07 Å². The third-order valence-corrected chi connectivity index (χ3v) is 6.83. The van der Waals surface area contributed by atoms with Crippen LogP contribution in [0.5, 0.6) is 5.75 Å². The van der Waals surface area contributed by atoms with E-state index >= 15 is 0 Å². The molecule has 1 aliphatic rings. The third kappa shape index (κ3) is 5.63. The van der Waals surface area contributed by atoms with E-state index in [9.17, 15) is 22.7 Å². The first-order chi connectivity index (χ1) is 14.3. The smallest absolute Gasteiger partial charge is 0.243 e. The van der Waals surface area contributed by atoms with E-state index in [-0.39, 0.29) is 30.4 Å². The maximum Gasteiger partial charge on any atom is 0.243 e. The zero-order valence-corrected chi connectivity index (χ0v) is 17.5. The van der Waals surface area contributed by atoms with Crippen LogP contribution in [0.3, 0.4) is 0 Å². The number of nitrogens with zero attached hydrogens (tertiary/aromatic N) is 2. The van der Waals surface area contributed by atoms with Crippen LogP contribution in [0.4, 0.5) is 4.39 Å². The molecule has 1 atom stereocenters. The number of carbonyl (C=O) groups excluding carboxylic acids is 1. The zero-order valence-electron chi connectivity index (χ0n) is 16.7. The number of aliphatic hydroxyl groups is 1. The normalized spacial score (nSPS) is 16.9. The SMILES string of the molecule is CC(=O)c1ccc(OCC(O)CN2CCN(S(=O)(=O)c3cccc(F)c3)CC2)cc1. The number of ketones is 1. The molecule has 9 heteroatoms. The first-order valence-electron chi connectivity index (χ1n) is 9.65. The molecule has 0 aliphatic carbocycles. The monoisotopic (exact) mass is 436 g/mol. The molecule has 0 radical (unpaired) electrons. The van der Waals surface area contributed by atoms with Gasteiger partial charge in [0, 0.05) is 38.3 Å². The molecule has 0 bridgehead atoms. The molecule has 0 spiro atoms. The summed E-state index contributed by atoms with van der Waals surface area (Å²) in [6, 6.07) is 11.7. The molecule has 1 fully saturated rings. The number of halogens is 1. The van der Waals surface area contributed by atoms with Crippen LogP contribution in [0.15, 0.2) is 53.4 Å². The largest absolute Gasteiger partial charge is 0.491 e. The molecular formula is C21H25FN2O5S. The van der Waals surface area contributed by atoms with E-state index in [2.05, 4.69) is 0 Å². The minimum atomic E-state index is -3.74. The number of ether oxygens (including phenoxy) is 1. The van der Waals surface area contributed by atoms with Crippen molar-refractivity contribution < 1.29 is 27.4 Å². The van der Waals surface area contributed by atoms with Crippen molar-refractivity contribution in [2.24, 2.45) is 0 Å². The lowest BCUT2D eigenvalue weighted by Crippen LogP contribution is -2.50. The molecule has 3 rings (SSSR count). The van der Waals surface area contributed by atoms with E-state index < -0.39 is 21.9 Å². The Morgan fingerprint density at radius 1 is 1.13 bits per heavy atom. The second kappa shape index (κ2) is 9.65. The molecule has 162 valence electrons. The molecule has 2 aromatic rings. The van der Waals surface area contributed by atoms with E-state index in [0.29, 0.717) is 30.9 Å². The number of rotatable bonds is 8. The summed E-state index contributed by atoms with van der Waals surface area (Å²) in [7, 11) is -3.74. The summed E-state index contributed by atoms with van der Waals surface area (Å²) in [6.07, 6.45) is -0.746. The number of β-amino-alcohol motifs (C(OH)–C–C–N with tert-alkyl or cyclic N) is 1. The molecule has 7 nitrogen and oxygen atoms in total. The zero-order chi connectivity index (χ0) is 21.7. The Morgan fingerprint density at radius 2 is 1.80 bits per heavy atom. The summed E-state index contributed by atoms with van der Waals surface area (Å²) in [5, 5.41) is 10.2. The second-order valence-corrected chi connectivity index (χ2v) is 9.15. The predicted octanol–water partition coefficient (Wildman–Crippen LogP) is 1.77. The van der Waals surface area contributed by atoms with Gasteiger partial charge in [-0.25, -0.2) is 12.8 Å². The van der Waals surface area contributed by atoms with Crippen LogP contribution in [0, 0.1) is 5.82 Å². The van der Waals surface area contributed by atoms with Crippen molar-refractivity contribution in [2.75, 3.05) is 39.3 Å². The standard InChI is InChI=1S/C21H25FN2O5S/c1-16(25)17-5-7-20(8-6-17)29-15-19(26)14-23-9-11-24(12-10-23)30(27,28)21-4-2-3-18(22)13-21/h2-8,13,19,26H,9-12,14-15H2,1H3. The van der Waals surface area contributed by atoms with Crippen LogP contribution in [0.25, 0.3) is 0 Å². The van der Waals surface area contributed by atoms with Crippen molar-refractivity contribution in [1.82, 2.24) is 9.21 Å². The van der Waals surface area contributed by atoms with Crippen molar-refractivity contribution in [3.8, 4) is 5.75 Å². The number of hydrogen-bond acceptors (Lipinski definition) is 6. The Bertz CT molecular complexity index is 973. The average molecular weight is 437 g/mol. The van der Waals surface area contributed by atoms with Gasteiger partial charge in [-0.2, -0.15) is 4.31 Å². The Morgan fingerprint density at radius 3 is 2.40 bits per heavy atom. The number of aliphatic hydroxyl groups excluding tert-OH is 1. The van der Waals surface area contributed by atoms with Crippen molar-refractivity contribution in [2.45, 2.75) is 17.9 Å². The van der Waals surface area contributed by atoms with Gasteiger partial charge in [0.1, 0.15) is 24.3 Å². The second-order valence-electron chi connectivity index (χ2n) is 7.21. The fraction of sp³-hybridized carbons (Fsp3) is 0.381. The van der Waals surface area contributed by atoms with Gasteiger partial charge < -0.3 is 9.84 Å². The van der Waals surface area contributed by atoms with E-state index in [4.69, 9.17) is 4.74 Å². The topological polar surface area (TPSA) is 87.2 Å². The minimum absolute atomic E-state index is 0.0276. The lowest BCUT2D eigenvalue weighted by Gasteiger charge is -2.34. The van der Waals surface area contributed by atoms with Gasteiger partial charge in [-0.1, -0.05) is 6.07 Å². The van der Waals surface area contributed by atoms with Crippen LogP contribution in [-0.4, -0.2) is 73.9 Å². The molecule has 2 aromatic carbocycles. The molecule has 1 unspecified atom stereocenters. The quantitative estimate of drug-likeness (QED) is 0.635. The summed E-state index contributed by atoms with van der Waals surface area (Å²) in [5.74, 6) is -0.0565. The lowest BCUT2D eigenvalue weighted by molar-refractivity contribution is 0.0569. The first kappa shape index (κ1) is 22.4. The fourth-order valence-corrected chi connectivity index (χ4v) is 4.71. The number of hydrogen-bond donors (Lipinski definition) is 1. The predicted molar refractivity (Wildman–Crippen MR) is 110 cm³/mol. The molecular weight excluding hydrogens is 411 g/mol. The Kier molecular flexibility index (Phi) is 7.19. The van der Waals surface area contributed by atoms with Gasteiger partial charge in [-0.05, 0) is 49.4 Å². The van der Waals surface area contributed by atoms with Gasteiger partial charge in [-0.3, -0.25) is 9.69 Å². The van der Waals surface area contributed by atoms with Gasteiger partial charge in [0.05, 0.1) is 4.90 Å². The summed E-state index contributed by atoms with van der Waals surface area (Å²) in [4.78, 5) is 13.2. The molecule has 1 heterocycles. The van der Waals surface area contributed by atoms with E-state index in [1.807, 2.05) is 4.90 Å². The van der Waals surface area contributed by atoms with Crippen molar-refractivity contribution >= 4 is 15.8 Å². The van der Waals surface area contributed by atoms with Gasteiger partial charge in [0.2, 0.25) is 10.0 Å². The Hall–Kier alpha value is -2.33. The minimum Gasteiger partial charge on any atom is -0.491 e. The van der Waals surface area contributed by atoms with Crippen LogP contribution < -0.4 is 4.74 Å². The van der Waals surface area contributed by atoms with Gasteiger partial charge in [0.25, 0.3) is 0 Å². The molecule has 0 aromatic heterocycles. The van der Waals surface area contributed by atoms with Crippen LogP contribution in [0.1, 0.15) is 17.3 Å². The summed E-state index contributed by atoms with van der Waals surface area (Å²) in [6.45, 7) is 3.36. The summed E-state index contributed by atoms with van der Waals surface area (Å²) in [5.41, 5.74) is 0.592. The molecule has 1 N–H and O–H groups in total. The maximum absolute atomic E-state index is 13.4. The van der Waals surface area contributed by atoms with Crippen molar-refractivity contribution in [3.05, 3.63) is 59.9 Å². The Labute approximate surface area is 175 Å². The van der Waals surface area contributed by atoms with E-state index in [1.54, 1.807) is 24.3 Å². The Balaban J connectivity index is 1.46. The average Bonchev–Trinajstić information content (AvgIpc) is 2.73. The number of carbonyl (C=O) groups is 1. The molecule has 1 aliphatic heterocycles. The molecule has 0 saturated carbocycles. The number of piperazine rings is 1. The highest BCUT2D eigenvalue weighted by Gasteiger charge is 2.29. The van der Waals surface area contributed by atoms with Gasteiger partial charge in [0.15, 0.2) is 5.78 Å². The highest BCUT2D eigenvalue weighted by molar-refractivity contribution is 7.89. The highest BCUT2D eigenvalue weighted by Crippen LogP contribution is 2.19. The van der Waals surface area contributed by atoms with Crippen molar-refractivity contribution in [3.63, 3.8) is 0 Å². The summed E-state index contributed by atoms with van der Waals surface area (Å²) < 4.78 is 45.6. The maximum atomic E-state index is 13.4. The van der Waals surface area contributed by atoms with Crippen LogP contribution >= 0.6 is 0 Å². The summed E-state index contributed by atoms with van der Waals surface area (Å²) >= 11 is 0. The molecule has 1 saturated heterocycles. The lowest BCUT2D eigenvalue weighted by atomic mass is 10.1. The van der Waals surface area contributed by atoms with Crippen LogP contribution in [0.2, 0.25) is 0 Å². The van der Waals surface area contributed by atoms with Crippen LogP contribution in [-0.2, 0) is 10.0 Å². The fourth-order valence-electron chi connectivity index (χ4n) is 3.26. The molecule has 30 heavy (non-hydrogen) atoms.